The fourth-order valence-electron chi connectivity index (χ4n) is 0.321. The Bertz CT molecular complexity index is 504. The molecular weight excluding hydrogens is 140 g/mol. The molecule has 0 spiro atoms. The Morgan fingerprint density at radius 1 is 1.82 bits per heavy atom. The lowest BCUT2D eigenvalue weighted by Crippen LogP contribution is -2.12. The summed E-state index contributed by atoms with van der Waals surface area (Å²) in [5, 5.41) is 3.41. The number of rotatable bonds is 6. The standard InChI is InChI=1S/C9H18O2/c1-3-5-7-8(6-4-2)9(10)11/h8H,3-7H2,1-2H3,(H,10,11)/i2D3,3D2,4D2,5D2,6D2,7D2,8D/hD. The van der Waals surface area contributed by atoms with Crippen molar-refractivity contribution in [2.75, 3.05) is 0 Å². The van der Waals surface area contributed by atoms with Crippen LogP contribution in [-0.4, -0.2) is 11.1 Å². The van der Waals surface area contributed by atoms with E-state index < -0.39 is 50.6 Å². The first kappa shape index (κ1) is 1.57. The molecule has 1 N–H and O–H groups in total. The Morgan fingerprint density at radius 2 is 2.64 bits per heavy atom. The van der Waals surface area contributed by atoms with Gasteiger partial charge in [0, 0.05) is 19.2 Å². The number of carbonyl (C=O) groups is 1. The molecule has 0 bridgehead atoms. The van der Waals surface area contributed by atoms with Gasteiger partial charge in [-0.15, -0.1) is 0 Å². The third-order valence-electron chi connectivity index (χ3n) is 0.704. The molecule has 0 aliphatic heterocycles. The van der Waals surface area contributed by atoms with E-state index in [-0.39, 0.29) is 0 Å². The molecule has 0 aliphatic rings. The van der Waals surface area contributed by atoms with Gasteiger partial charge in [0.15, 0.2) is 0 Å². The summed E-state index contributed by atoms with van der Waals surface area (Å²) >= 11 is 0. The van der Waals surface area contributed by atoms with Crippen molar-refractivity contribution in [2.45, 2.75) is 45.6 Å². The number of hydrogen-bond acceptors (Lipinski definition) is 2. The quantitative estimate of drug-likeness (QED) is 0.670. The molecule has 0 fully saturated rings. The highest BCUT2D eigenvalue weighted by Crippen LogP contribution is 2.14. The van der Waals surface area contributed by atoms with Crippen LogP contribution in [0.5, 0.6) is 0 Å². The molecule has 0 radical (unpaired) electrons. The zero-order chi connectivity index (χ0) is 21.8. The van der Waals surface area contributed by atoms with Crippen LogP contribution in [-0.2, 0) is 4.79 Å². The van der Waals surface area contributed by atoms with Crippen LogP contribution >= 0.6 is 0 Å². The molecule has 66 valence electrons. The first-order chi connectivity index (χ1) is 11.0. The van der Waals surface area contributed by atoms with Crippen molar-refractivity contribution in [1.29, 1.82) is 1.43 Å². The van der Waals surface area contributed by atoms with Gasteiger partial charge in [-0.3, -0.25) is 4.79 Å². The zero-order valence-corrected chi connectivity index (χ0v) is 5.82. The van der Waals surface area contributed by atoms with Gasteiger partial charge in [-0.25, -0.2) is 0 Å². The summed E-state index contributed by atoms with van der Waals surface area (Å²) in [5.41, 5.74) is 0. The van der Waals surface area contributed by atoms with E-state index in [2.05, 4.69) is 5.11 Å². The Balaban J connectivity index is 7.02. The molecule has 2 heteroatoms. The van der Waals surface area contributed by atoms with Gasteiger partial charge in [0.05, 0.1) is 5.89 Å². The minimum absolute atomic E-state index is 0.533. The van der Waals surface area contributed by atoms with Crippen LogP contribution in [0.2, 0.25) is 0 Å². The molecule has 2 nitrogen and oxygen atoms in total. The van der Waals surface area contributed by atoms with Gasteiger partial charge in [-0.2, -0.15) is 0 Å². The molecule has 11 heavy (non-hydrogen) atoms. The molecule has 0 heterocycles. The van der Waals surface area contributed by atoms with Crippen molar-refractivity contribution in [3.05, 3.63) is 0 Å². The van der Waals surface area contributed by atoms with Crippen LogP contribution in [0.1, 0.15) is 64.8 Å². The monoisotopic (exact) mass is 173 g/mol. The second-order valence-corrected chi connectivity index (χ2v) is 1.41. The van der Waals surface area contributed by atoms with E-state index in [0.717, 1.165) is 0 Å². The minimum atomic E-state index is -4.30. The summed E-state index contributed by atoms with van der Waals surface area (Å²) < 4.78 is 112. The van der Waals surface area contributed by atoms with Crippen molar-refractivity contribution in [2.24, 2.45) is 5.89 Å². The van der Waals surface area contributed by atoms with Crippen LogP contribution in [0, 0.1) is 5.89 Å². The van der Waals surface area contributed by atoms with Crippen molar-refractivity contribution in [3.8, 4) is 0 Å². The van der Waals surface area contributed by atoms with E-state index in [9.17, 15) is 4.79 Å². The second-order valence-electron chi connectivity index (χ2n) is 1.41. The normalized spacial score (nSPS) is 43.2. The van der Waals surface area contributed by atoms with Gasteiger partial charge >= 0.3 is 5.97 Å². The SMILES string of the molecule is [2H]OC(=O)C([2H])(C([2H])([2H])C([2H])([2H])C([2H])([2H])[2H])C([2H])([2H])C([2H])([2H])C([2H])([2H])C. The first-order valence-corrected chi connectivity index (χ1v) is 2.66. The predicted octanol–water partition coefficient (Wildman–Crippen LogP) is 2.68. The highest BCUT2D eigenvalue weighted by Gasteiger charge is 2.14. The molecule has 0 aromatic heterocycles. The molecule has 0 saturated carbocycles. The van der Waals surface area contributed by atoms with Crippen LogP contribution in [0.25, 0.3) is 1.43 Å². The maximum Gasteiger partial charge on any atom is 0.306 e. The van der Waals surface area contributed by atoms with Gasteiger partial charge in [0.1, 0.15) is 0 Å². The molecule has 0 aromatic carbocycles. The lowest BCUT2D eigenvalue weighted by Gasteiger charge is -2.08. The summed E-state index contributed by atoms with van der Waals surface area (Å²) in [6.07, 6.45) is -19.4. The molecular formula is C9H18O2. The lowest BCUT2D eigenvalue weighted by atomic mass is 9.97. The van der Waals surface area contributed by atoms with Crippen molar-refractivity contribution in [3.63, 3.8) is 0 Å². The molecule has 1 atom stereocenters. The van der Waals surface area contributed by atoms with E-state index in [4.69, 9.17) is 20.6 Å². The van der Waals surface area contributed by atoms with Crippen molar-refractivity contribution >= 4 is 5.97 Å². The third kappa shape index (κ3) is 4.82. The van der Waals surface area contributed by atoms with Crippen molar-refractivity contribution in [1.82, 2.24) is 0 Å². The molecule has 0 saturated heterocycles. The van der Waals surface area contributed by atoms with Crippen LogP contribution in [0.15, 0.2) is 0 Å². The van der Waals surface area contributed by atoms with Crippen LogP contribution in [0.3, 0.4) is 0 Å². The number of hydrogen-bond donors (Lipinski definition) is 1. The first-order valence-electron chi connectivity index (χ1n) is 10.1. The summed E-state index contributed by atoms with van der Waals surface area (Å²) in [5.74, 6) is -6.72. The van der Waals surface area contributed by atoms with Gasteiger partial charge in [0.25, 0.3) is 1.43 Å². The molecule has 0 amide bonds. The Morgan fingerprint density at radius 3 is 3.18 bits per heavy atom. The van der Waals surface area contributed by atoms with Crippen LogP contribution < -0.4 is 0 Å². The Labute approximate surface area is 89.8 Å². The minimum Gasteiger partial charge on any atom is -0.481 e. The highest BCUT2D eigenvalue weighted by molar-refractivity contribution is 5.69. The molecule has 0 aromatic rings. The maximum absolute atomic E-state index is 12.0. The third-order valence-corrected chi connectivity index (χ3v) is 0.704. The fraction of sp³-hybridized carbons (Fsp3) is 0.889. The summed E-state index contributed by atoms with van der Waals surface area (Å²) in [6.45, 7) is -3.29. The maximum atomic E-state index is 12.0. The second kappa shape index (κ2) is 6.20. The van der Waals surface area contributed by atoms with E-state index in [1.54, 1.807) is 0 Å². The van der Waals surface area contributed by atoms with Crippen LogP contribution in [0.4, 0.5) is 0 Å². The highest BCUT2D eigenvalue weighted by atomic mass is 16.4. The summed E-state index contributed by atoms with van der Waals surface area (Å²) in [7, 11) is 0. The predicted molar refractivity (Wildman–Crippen MR) is 45.6 cm³/mol. The average Bonchev–Trinajstić information content (AvgIpc) is 2.42. The van der Waals surface area contributed by atoms with Gasteiger partial charge in [0.2, 0.25) is 0 Å². The van der Waals surface area contributed by atoms with E-state index >= 15 is 0 Å². The number of aliphatic carboxylic acids is 1. The smallest absolute Gasteiger partial charge is 0.306 e. The van der Waals surface area contributed by atoms with Gasteiger partial charge < -0.3 is 5.11 Å². The Kier molecular flexibility index (Phi) is 0.884. The average molecular weight is 173 g/mol. The molecule has 1 unspecified atom stereocenters. The Hall–Kier alpha value is -0.530. The van der Waals surface area contributed by atoms with E-state index in [0.29, 0.717) is 6.92 Å². The van der Waals surface area contributed by atoms with E-state index in [1.165, 1.54) is 0 Å². The van der Waals surface area contributed by atoms with Gasteiger partial charge in [-0.05, 0) is 12.7 Å². The number of carboxylic acids is 1. The molecule has 0 aliphatic carbocycles. The lowest BCUT2D eigenvalue weighted by molar-refractivity contribution is -0.142. The number of carboxylic acid groups (broad SMARTS) is 1. The topological polar surface area (TPSA) is 37.3 Å². The summed E-state index contributed by atoms with van der Waals surface area (Å²) in [6, 6.07) is 0. The van der Waals surface area contributed by atoms with Gasteiger partial charge in [-0.1, -0.05) is 32.9 Å². The summed E-state index contributed by atoms with van der Waals surface area (Å²) in [4.78, 5) is 12.0. The zero-order valence-electron chi connectivity index (χ0n) is 20.8. The van der Waals surface area contributed by atoms with Crippen molar-refractivity contribution < 1.29 is 29.1 Å². The molecule has 0 rings (SSSR count). The van der Waals surface area contributed by atoms with E-state index in [1.807, 2.05) is 0 Å². The fourth-order valence-corrected chi connectivity index (χ4v) is 0.321. The largest absolute Gasteiger partial charge is 0.481 e.